The van der Waals surface area contributed by atoms with Crippen LogP contribution in [0.2, 0.25) is 5.02 Å². The van der Waals surface area contributed by atoms with Crippen molar-refractivity contribution in [2.45, 2.75) is 12.8 Å². The van der Waals surface area contributed by atoms with Crippen LogP contribution in [-0.2, 0) is 7.05 Å². The van der Waals surface area contributed by atoms with Crippen molar-refractivity contribution in [3.8, 4) is 17.1 Å². The van der Waals surface area contributed by atoms with Crippen molar-refractivity contribution in [1.82, 2.24) is 14.7 Å². The van der Waals surface area contributed by atoms with E-state index >= 15 is 0 Å². The molecule has 4 aromatic rings. The summed E-state index contributed by atoms with van der Waals surface area (Å²) in [6.45, 7) is 0.729. The molecule has 8 nitrogen and oxygen atoms in total. The minimum atomic E-state index is -0.694. The van der Waals surface area contributed by atoms with E-state index < -0.39 is 5.76 Å². The fourth-order valence-corrected chi connectivity index (χ4v) is 3.64. The van der Waals surface area contributed by atoms with Gasteiger partial charge in [-0.15, -0.1) is 0 Å². The van der Waals surface area contributed by atoms with Gasteiger partial charge < -0.3 is 14.6 Å². The van der Waals surface area contributed by atoms with Gasteiger partial charge in [-0.1, -0.05) is 16.8 Å². The Labute approximate surface area is 181 Å². The lowest BCUT2D eigenvalue weighted by molar-refractivity contribution is 0.102. The molecule has 2 heterocycles. The molecular weight excluding hydrogens is 420 g/mol. The van der Waals surface area contributed by atoms with Gasteiger partial charge in [0.15, 0.2) is 5.82 Å². The Hall–Kier alpha value is -3.52. The minimum absolute atomic E-state index is 0.178. The van der Waals surface area contributed by atoms with E-state index in [2.05, 4.69) is 20.0 Å². The predicted molar refractivity (Wildman–Crippen MR) is 117 cm³/mol. The highest BCUT2D eigenvalue weighted by molar-refractivity contribution is 6.31. The summed E-state index contributed by atoms with van der Waals surface area (Å²) in [5.41, 5.74) is 2.26. The molecule has 1 fully saturated rings. The summed E-state index contributed by atoms with van der Waals surface area (Å²) in [4.78, 5) is 26.9. The van der Waals surface area contributed by atoms with E-state index in [4.69, 9.17) is 16.3 Å². The molecule has 2 N–H and O–H groups in total. The number of nitrogens with zero attached hydrogens (tertiary/aromatic N) is 2. The Bertz CT molecular complexity index is 1350. The lowest BCUT2D eigenvalue weighted by Gasteiger charge is -2.10. The van der Waals surface area contributed by atoms with Crippen molar-refractivity contribution in [2.24, 2.45) is 13.0 Å². The molecule has 2 aromatic carbocycles. The van der Waals surface area contributed by atoms with Gasteiger partial charge in [-0.2, -0.15) is 0 Å². The number of anilines is 1. The molecule has 0 aliphatic heterocycles. The first-order chi connectivity index (χ1) is 15.0. The second kappa shape index (κ2) is 7.63. The number of aromatic nitrogens is 3. The Morgan fingerprint density at radius 3 is 2.87 bits per heavy atom. The standard InChI is InChI=1S/C22H19ClN4O4/c1-27-18-10-15(30-11-12-2-3-12)6-4-13(18)8-19(27)21(28)24-17-7-5-14(23)9-16(17)20-25-22(29)31-26-20/h4-10,12H,2-3,11H2,1H3,(H,24,28)(H,25,26,29). The van der Waals surface area contributed by atoms with Gasteiger partial charge in [0.1, 0.15) is 11.4 Å². The SMILES string of the molecule is Cn1c(C(=O)Nc2ccc(Cl)cc2-c2noc(=O)[nH]2)cc2ccc(OCC3CC3)cc21. The van der Waals surface area contributed by atoms with E-state index in [9.17, 15) is 9.59 Å². The molecule has 0 spiro atoms. The number of fused-ring (bicyclic) bond motifs is 1. The van der Waals surface area contributed by atoms with Gasteiger partial charge in [0.2, 0.25) is 0 Å². The number of hydrogen-bond donors (Lipinski definition) is 2. The largest absolute Gasteiger partial charge is 0.493 e. The van der Waals surface area contributed by atoms with Crippen LogP contribution < -0.4 is 15.8 Å². The van der Waals surface area contributed by atoms with Gasteiger partial charge in [-0.05, 0) is 55.2 Å². The van der Waals surface area contributed by atoms with Gasteiger partial charge in [0.05, 0.1) is 17.8 Å². The number of aryl methyl sites for hydroxylation is 1. The first-order valence-electron chi connectivity index (χ1n) is 9.87. The predicted octanol–water partition coefficient (Wildman–Crippen LogP) is 4.22. The monoisotopic (exact) mass is 438 g/mol. The van der Waals surface area contributed by atoms with Gasteiger partial charge in [0, 0.05) is 29.1 Å². The Balaban J connectivity index is 1.44. The van der Waals surface area contributed by atoms with Crippen molar-refractivity contribution in [3.05, 3.63) is 63.7 Å². The maximum Gasteiger partial charge on any atom is 0.439 e. The number of carbonyl (C=O) groups is 1. The number of H-pyrrole nitrogens is 1. The zero-order valence-corrected chi connectivity index (χ0v) is 17.4. The fourth-order valence-electron chi connectivity index (χ4n) is 3.47. The maximum absolute atomic E-state index is 13.1. The van der Waals surface area contributed by atoms with E-state index in [1.807, 2.05) is 35.9 Å². The molecule has 1 aliphatic carbocycles. The lowest BCUT2D eigenvalue weighted by atomic mass is 10.1. The summed E-state index contributed by atoms with van der Waals surface area (Å²) in [5, 5.41) is 7.93. The summed E-state index contributed by atoms with van der Waals surface area (Å²) < 4.78 is 12.3. The van der Waals surface area contributed by atoms with E-state index in [1.165, 1.54) is 12.8 Å². The Morgan fingerprint density at radius 1 is 1.29 bits per heavy atom. The number of aromatic amines is 1. The average Bonchev–Trinajstić information content (AvgIpc) is 3.40. The third-order valence-corrected chi connectivity index (χ3v) is 5.59. The minimum Gasteiger partial charge on any atom is -0.493 e. The van der Waals surface area contributed by atoms with Crippen LogP contribution in [-0.4, -0.2) is 27.2 Å². The number of ether oxygens (including phenoxy) is 1. The Kier molecular flexibility index (Phi) is 4.78. The van der Waals surface area contributed by atoms with E-state index in [-0.39, 0.29) is 11.7 Å². The zero-order chi connectivity index (χ0) is 21.5. The Morgan fingerprint density at radius 2 is 2.13 bits per heavy atom. The normalized spacial score (nSPS) is 13.5. The fraction of sp³-hybridized carbons (Fsp3) is 0.227. The van der Waals surface area contributed by atoms with Crippen LogP contribution in [0.15, 0.2) is 51.8 Å². The van der Waals surface area contributed by atoms with Crippen LogP contribution in [0.5, 0.6) is 5.75 Å². The highest BCUT2D eigenvalue weighted by Gasteiger charge is 2.22. The molecular formula is C22H19ClN4O4. The molecule has 0 radical (unpaired) electrons. The van der Waals surface area contributed by atoms with E-state index in [0.717, 1.165) is 23.3 Å². The number of nitrogens with one attached hydrogen (secondary N) is 2. The summed E-state index contributed by atoms with van der Waals surface area (Å²) in [6, 6.07) is 12.5. The first-order valence-corrected chi connectivity index (χ1v) is 10.3. The number of carbonyl (C=O) groups excluding carboxylic acids is 1. The summed E-state index contributed by atoms with van der Waals surface area (Å²) in [6.07, 6.45) is 2.46. The van der Waals surface area contributed by atoms with Crippen molar-refractivity contribution < 1.29 is 14.1 Å². The van der Waals surface area contributed by atoms with Crippen molar-refractivity contribution in [3.63, 3.8) is 0 Å². The average molecular weight is 439 g/mol. The summed E-state index contributed by atoms with van der Waals surface area (Å²) >= 11 is 6.09. The highest BCUT2D eigenvalue weighted by Crippen LogP contribution is 2.32. The van der Waals surface area contributed by atoms with Crippen LogP contribution >= 0.6 is 11.6 Å². The molecule has 31 heavy (non-hydrogen) atoms. The van der Waals surface area contributed by atoms with Gasteiger partial charge in [0.25, 0.3) is 5.91 Å². The van der Waals surface area contributed by atoms with Gasteiger partial charge >= 0.3 is 5.76 Å². The molecule has 2 aromatic heterocycles. The maximum atomic E-state index is 13.1. The molecule has 0 bridgehead atoms. The molecule has 9 heteroatoms. The third kappa shape index (κ3) is 3.94. The molecule has 0 atom stereocenters. The number of amides is 1. The number of hydrogen-bond acceptors (Lipinski definition) is 5. The molecule has 0 saturated heterocycles. The molecule has 1 aliphatic rings. The topological polar surface area (TPSA) is 102 Å². The second-order valence-corrected chi connectivity index (χ2v) is 8.09. The van der Waals surface area contributed by atoms with Crippen LogP contribution in [0.3, 0.4) is 0 Å². The van der Waals surface area contributed by atoms with Crippen molar-refractivity contribution >= 4 is 34.1 Å². The third-order valence-electron chi connectivity index (χ3n) is 5.36. The van der Waals surface area contributed by atoms with Crippen LogP contribution in [0.4, 0.5) is 5.69 Å². The van der Waals surface area contributed by atoms with Crippen LogP contribution in [0.25, 0.3) is 22.3 Å². The molecule has 1 saturated carbocycles. The highest BCUT2D eigenvalue weighted by atomic mass is 35.5. The molecule has 0 unspecified atom stereocenters. The number of rotatable bonds is 6. The lowest BCUT2D eigenvalue weighted by Crippen LogP contribution is -2.16. The zero-order valence-electron chi connectivity index (χ0n) is 16.6. The van der Waals surface area contributed by atoms with Gasteiger partial charge in [-0.3, -0.25) is 14.3 Å². The number of halogens is 1. The summed E-state index contributed by atoms with van der Waals surface area (Å²) in [5.74, 6) is 0.632. The molecule has 5 rings (SSSR count). The first kappa shape index (κ1) is 19.4. The quantitative estimate of drug-likeness (QED) is 0.469. The molecule has 158 valence electrons. The number of benzene rings is 2. The van der Waals surface area contributed by atoms with Gasteiger partial charge in [-0.25, -0.2) is 4.79 Å². The van der Waals surface area contributed by atoms with E-state index in [0.29, 0.717) is 27.9 Å². The van der Waals surface area contributed by atoms with Crippen LogP contribution in [0, 0.1) is 5.92 Å². The van der Waals surface area contributed by atoms with Crippen molar-refractivity contribution in [2.75, 3.05) is 11.9 Å². The summed E-state index contributed by atoms with van der Waals surface area (Å²) in [7, 11) is 1.83. The molecule has 1 amide bonds. The second-order valence-electron chi connectivity index (χ2n) is 7.65. The smallest absolute Gasteiger partial charge is 0.439 e. The van der Waals surface area contributed by atoms with Crippen LogP contribution in [0.1, 0.15) is 23.3 Å². The van der Waals surface area contributed by atoms with E-state index in [1.54, 1.807) is 18.2 Å². The van der Waals surface area contributed by atoms with Crippen molar-refractivity contribution in [1.29, 1.82) is 0 Å².